The number of H-pyrrole nitrogens is 1. The minimum absolute atomic E-state index is 0.0418. The maximum absolute atomic E-state index is 11.9. The second kappa shape index (κ2) is 10.1. The van der Waals surface area contributed by atoms with Gasteiger partial charge in [-0.2, -0.15) is 0 Å². The number of fused-ring (bicyclic) bond motifs is 1. The third-order valence-electron chi connectivity index (χ3n) is 6.95. The van der Waals surface area contributed by atoms with Gasteiger partial charge in [0, 0.05) is 30.5 Å². The van der Waals surface area contributed by atoms with E-state index in [1.807, 2.05) is 32.2 Å². The Morgan fingerprint density at radius 3 is 2.50 bits per heavy atom. The molecule has 2 fully saturated rings. The highest BCUT2D eigenvalue weighted by atomic mass is 16.5. The van der Waals surface area contributed by atoms with E-state index in [0.717, 1.165) is 85.7 Å². The van der Waals surface area contributed by atoms with Crippen LogP contribution in [-0.4, -0.2) is 57.8 Å². The van der Waals surface area contributed by atoms with Crippen molar-refractivity contribution in [1.82, 2.24) is 19.9 Å². The van der Waals surface area contributed by atoms with Crippen molar-refractivity contribution in [3.8, 4) is 11.4 Å². The van der Waals surface area contributed by atoms with Gasteiger partial charge in [0.1, 0.15) is 11.6 Å². The first-order valence-corrected chi connectivity index (χ1v) is 12.5. The van der Waals surface area contributed by atoms with E-state index in [0.29, 0.717) is 6.61 Å². The Labute approximate surface area is 200 Å². The van der Waals surface area contributed by atoms with Gasteiger partial charge in [0.15, 0.2) is 5.65 Å². The zero-order valence-corrected chi connectivity index (χ0v) is 20.0. The number of rotatable bonds is 6. The molecule has 0 amide bonds. The molecule has 0 unspecified atom stereocenters. The summed E-state index contributed by atoms with van der Waals surface area (Å²) in [5.74, 6) is 1.79. The fourth-order valence-electron chi connectivity index (χ4n) is 5.02. The van der Waals surface area contributed by atoms with Crippen LogP contribution in [-0.2, 0) is 14.3 Å². The number of nitrogens with zero attached hydrogens (tertiary/aromatic N) is 4. The van der Waals surface area contributed by atoms with Crippen LogP contribution >= 0.6 is 0 Å². The van der Waals surface area contributed by atoms with Crippen molar-refractivity contribution in [2.45, 2.75) is 64.6 Å². The van der Waals surface area contributed by atoms with Crippen molar-refractivity contribution in [3.05, 3.63) is 36.2 Å². The number of hydrogen-bond acceptors (Lipinski definition) is 7. The number of anilines is 1. The van der Waals surface area contributed by atoms with Crippen molar-refractivity contribution in [1.29, 1.82) is 0 Å². The van der Waals surface area contributed by atoms with E-state index >= 15 is 0 Å². The Kier molecular flexibility index (Phi) is 6.76. The lowest BCUT2D eigenvalue weighted by Gasteiger charge is -2.36. The number of aryl methyl sites for hydroxylation is 1. The molecule has 0 atom stereocenters. The molecule has 1 N–H and O–H groups in total. The van der Waals surface area contributed by atoms with E-state index < -0.39 is 0 Å². The largest absolute Gasteiger partial charge is 0.466 e. The predicted octanol–water partition coefficient (Wildman–Crippen LogP) is 4.44. The normalized spacial score (nSPS) is 21.6. The minimum atomic E-state index is -0.0418. The Morgan fingerprint density at radius 1 is 1.03 bits per heavy atom. The summed E-state index contributed by atoms with van der Waals surface area (Å²) in [5.41, 5.74) is 3.57. The first kappa shape index (κ1) is 22.8. The van der Waals surface area contributed by atoms with Crippen molar-refractivity contribution in [3.63, 3.8) is 0 Å². The lowest BCUT2D eigenvalue weighted by atomic mass is 9.87. The quantitative estimate of drug-likeness (QED) is 0.540. The monoisotopic (exact) mass is 463 g/mol. The number of aromatic amines is 1. The predicted molar refractivity (Wildman–Crippen MR) is 131 cm³/mol. The van der Waals surface area contributed by atoms with E-state index in [-0.39, 0.29) is 24.1 Å². The van der Waals surface area contributed by atoms with Crippen LogP contribution in [0.4, 0.5) is 5.82 Å². The maximum Gasteiger partial charge on any atom is 0.308 e. The van der Waals surface area contributed by atoms with Crippen LogP contribution in [0.2, 0.25) is 0 Å². The Hall–Kier alpha value is -3.00. The average Bonchev–Trinajstić information content (AvgIpc) is 3.28. The van der Waals surface area contributed by atoms with Gasteiger partial charge in [0.05, 0.1) is 30.2 Å². The molecule has 3 aromatic rings. The van der Waals surface area contributed by atoms with Gasteiger partial charge in [-0.3, -0.25) is 4.79 Å². The van der Waals surface area contributed by atoms with Gasteiger partial charge in [-0.05, 0) is 76.6 Å². The Morgan fingerprint density at radius 2 is 1.79 bits per heavy atom. The second-order valence-corrected chi connectivity index (χ2v) is 9.36. The summed E-state index contributed by atoms with van der Waals surface area (Å²) in [6.07, 6.45) is 8.07. The first-order valence-electron chi connectivity index (χ1n) is 12.5. The van der Waals surface area contributed by atoms with Crippen LogP contribution < -0.4 is 4.90 Å². The van der Waals surface area contributed by atoms with Crippen LogP contribution in [0.15, 0.2) is 30.5 Å². The standard InChI is InChI=1S/C26H33N5O3/c1-3-33-26(32)18-5-8-20(9-6-18)34-21-12-14-31(15-13-21)23-11-7-19(16-27-23)24-29-22-10-4-17(2)28-25(22)30-24/h4,7,10-11,16,18,20-21H,3,5-6,8-9,12-15H2,1-2H3,(H,28,29,30). The molecule has 1 aliphatic carbocycles. The summed E-state index contributed by atoms with van der Waals surface area (Å²) in [4.78, 5) is 31.4. The molecule has 180 valence electrons. The molecule has 8 heteroatoms. The number of hydrogen-bond donors (Lipinski definition) is 1. The van der Waals surface area contributed by atoms with Crippen LogP contribution in [0.25, 0.3) is 22.6 Å². The summed E-state index contributed by atoms with van der Waals surface area (Å²) in [5, 5.41) is 0. The summed E-state index contributed by atoms with van der Waals surface area (Å²) >= 11 is 0. The maximum atomic E-state index is 11.9. The van der Waals surface area contributed by atoms with Gasteiger partial charge in [0.2, 0.25) is 0 Å². The van der Waals surface area contributed by atoms with E-state index in [1.54, 1.807) is 0 Å². The number of carbonyl (C=O) groups is 1. The van der Waals surface area contributed by atoms with E-state index in [1.165, 1.54) is 0 Å². The highest BCUT2D eigenvalue weighted by molar-refractivity contribution is 5.76. The molecule has 0 spiro atoms. The number of piperidine rings is 1. The third kappa shape index (κ3) is 5.06. The smallest absolute Gasteiger partial charge is 0.308 e. The van der Waals surface area contributed by atoms with Crippen molar-refractivity contribution in [2.24, 2.45) is 5.92 Å². The zero-order chi connectivity index (χ0) is 23.5. The molecule has 34 heavy (non-hydrogen) atoms. The third-order valence-corrected chi connectivity index (χ3v) is 6.95. The number of aromatic nitrogens is 4. The van der Waals surface area contributed by atoms with Crippen LogP contribution in [0.1, 0.15) is 51.1 Å². The molecule has 1 saturated heterocycles. The second-order valence-electron chi connectivity index (χ2n) is 9.36. The summed E-state index contributed by atoms with van der Waals surface area (Å²) in [6, 6.07) is 8.12. The number of imidazole rings is 1. The topological polar surface area (TPSA) is 93.2 Å². The number of pyridine rings is 2. The molecule has 4 heterocycles. The van der Waals surface area contributed by atoms with Gasteiger partial charge in [-0.15, -0.1) is 0 Å². The molecule has 0 aromatic carbocycles. The lowest BCUT2D eigenvalue weighted by molar-refractivity contribution is -0.150. The van der Waals surface area contributed by atoms with Crippen molar-refractivity contribution < 1.29 is 14.3 Å². The minimum Gasteiger partial charge on any atom is -0.466 e. The molecular formula is C26H33N5O3. The molecule has 0 radical (unpaired) electrons. The number of ether oxygens (including phenoxy) is 2. The summed E-state index contributed by atoms with van der Waals surface area (Å²) < 4.78 is 11.6. The zero-order valence-electron chi connectivity index (χ0n) is 20.0. The summed E-state index contributed by atoms with van der Waals surface area (Å²) in [7, 11) is 0. The van der Waals surface area contributed by atoms with Gasteiger partial charge < -0.3 is 19.4 Å². The Balaban J connectivity index is 1.11. The average molecular weight is 464 g/mol. The fraction of sp³-hybridized carbons (Fsp3) is 0.538. The van der Waals surface area contributed by atoms with Gasteiger partial charge in [0.25, 0.3) is 0 Å². The molecule has 2 aliphatic rings. The Bertz CT molecular complexity index is 1110. The highest BCUT2D eigenvalue weighted by Gasteiger charge is 2.30. The van der Waals surface area contributed by atoms with Crippen LogP contribution in [0.3, 0.4) is 0 Å². The fourth-order valence-corrected chi connectivity index (χ4v) is 5.02. The SMILES string of the molecule is CCOC(=O)C1CCC(OC2CCN(c3ccc(-c4nc5nc(C)ccc5[nH]4)cn3)CC2)CC1. The van der Waals surface area contributed by atoms with E-state index in [4.69, 9.17) is 14.5 Å². The first-order chi connectivity index (χ1) is 16.6. The molecule has 5 rings (SSSR count). The van der Waals surface area contributed by atoms with Gasteiger partial charge in [-0.25, -0.2) is 15.0 Å². The molecule has 3 aromatic heterocycles. The summed E-state index contributed by atoms with van der Waals surface area (Å²) in [6.45, 7) is 6.16. The number of carbonyl (C=O) groups excluding carboxylic acids is 1. The van der Waals surface area contributed by atoms with Gasteiger partial charge >= 0.3 is 5.97 Å². The van der Waals surface area contributed by atoms with Crippen LogP contribution in [0, 0.1) is 12.8 Å². The molecule has 8 nitrogen and oxygen atoms in total. The van der Waals surface area contributed by atoms with Crippen LogP contribution in [0.5, 0.6) is 0 Å². The molecule has 1 aliphatic heterocycles. The van der Waals surface area contributed by atoms with Crippen molar-refractivity contribution in [2.75, 3.05) is 24.6 Å². The number of esters is 1. The molecular weight excluding hydrogens is 430 g/mol. The van der Waals surface area contributed by atoms with Gasteiger partial charge in [-0.1, -0.05) is 0 Å². The highest BCUT2D eigenvalue weighted by Crippen LogP contribution is 2.30. The lowest BCUT2D eigenvalue weighted by Crippen LogP contribution is -2.39. The molecule has 1 saturated carbocycles. The van der Waals surface area contributed by atoms with Crippen molar-refractivity contribution >= 4 is 23.0 Å². The van der Waals surface area contributed by atoms with E-state index in [2.05, 4.69) is 32.0 Å². The number of nitrogens with one attached hydrogen (secondary N) is 1. The van der Waals surface area contributed by atoms with E-state index in [9.17, 15) is 4.79 Å². The molecule has 0 bridgehead atoms.